The van der Waals surface area contributed by atoms with Gasteiger partial charge >= 0.3 is 0 Å². The van der Waals surface area contributed by atoms with Gasteiger partial charge in [0, 0.05) is 38.6 Å². The average Bonchev–Trinajstić information content (AvgIpc) is 2.98. The summed E-state index contributed by atoms with van der Waals surface area (Å²) in [7, 11) is 0. The summed E-state index contributed by atoms with van der Waals surface area (Å²) in [5.74, 6) is 0.238. The van der Waals surface area contributed by atoms with E-state index >= 15 is 0 Å². The Morgan fingerprint density at radius 1 is 1.44 bits per heavy atom. The van der Waals surface area contributed by atoms with Crippen LogP contribution >= 0.6 is 0 Å². The standard InChI is InChI=1S/C12H23N3O/c1-10(16)15(11-4-5-11)9-12-3-2-7-14(12)8-6-13/h11-12H,2-9,13H2,1H3/t12-/m0/s1. The molecular formula is C12H23N3O. The maximum Gasteiger partial charge on any atom is 0.219 e. The Labute approximate surface area is 97.8 Å². The topological polar surface area (TPSA) is 49.6 Å². The van der Waals surface area contributed by atoms with Crippen LogP contribution in [0.25, 0.3) is 0 Å². The SMILES string of the molecule is CC(=O)N(C[C@@H]1CCCN1CCN)C1CC1. The average molecular weight is 225 g/mol. The van der Waals surface area contributed by atoms with Crippen LogP contribution in [0.15, 0.2) is 0 Å². The monoisotopic (exact) mass is 225 g/mol. The molecule has 92 valence electrons. The summed E-state index contributed by atoms with van der Waals surface area (Å²) in [5, 5.41) is 0. The third-order valence-electron chi connectivity index (χ3n) is 3.71. The predicted molar refractivity (Wildman–Crippen MR) is 64.1 cm³/mol. The van der Waals surface area contributed by atoms with E-state index in [1.165, 1.54) is 25.7 Å². The second-order valence-electron chi connectivity index (χ2n) is 5.02. The number of nitrogens with zero attached hydrogens (tertiary/aromatic N) is 2. The molecule has 16 heavy (non-hydrogen) atoms. The number of hydrogen-bond donors (Lipinski definition) is 1. The van der Waals surface area contributed by atoms with E-state index in [0.717, 1.165) is 26.2 Å². The molecule has 0 radical (unpaired) electrons. The molecule has 1 amide bonds. The van der Waals surface area contributed by atoms with Gasteiger partial charge in [0.1, 0.15) is 0 Å². The molecule has 0 unspecified atom stereocenters. The van der Waals surface area contributed by atoms with E-state index in [9.17, 15) is 4.79 Å². The van der Waals surface area contributed by atoms with E-state index in [-0.39, 0.29) is 5.91 Å². The highest BCUT2D eigenvalue weighted by molar-refractivity contribution is 5.74. The van der Waals surface area contributed by atoms with Crippen LogP contribution in [-0.4, -0.2) is 54.0 Å². The summed E-state index contributed by atoms with van der Waals surface area (Å²) in [6.45, 7) is 5.46. The van der Waals surface area contributed by atoms with E-state index < -0.39 is 0 Å². The summed E-state index contributed by atoms with van der Waals surface area (Å²) in [4.78, 5) is 16.1. The zero-order valence-corrected chi connectivity index (χ0v) is 10.2. The van der Waals surface area contributed by atoms with Gasteiger partial charge in [0.2, 0.25) is 5.91 Å². The fourth-order valence-electron chi connectivity index (χ4n) is 2.71. The van der Waals surface area contributed by atoms with Crippen LogP contribution in [0.5, 0.6) is 0 Å². The highest BCUT2D eigenvalue weighted by atomic mass is 16.2. The van der Waals surface area contributed by atoms with Gasteiger partial charge in [-0.2, -0.15) is 0 Å². The van der Waals surface area contributed by atoms with Gasteiger partial charge in [-0.25, -0.2) is 0 Å². The molecule has 0 bridgehead atoms. The van der Waals surface area contributed by atoms with Gasteiger partial charge in [0.05, 0.1) is 0 Å². The van der Waals surface area contributed by atoms with Crippen LogP contribution in [0.1, 0.15) is 32.6 Å². The van der Waals surface area contributed by atoms with Crippen molar-refractivity contribution in [3.63, 3.8) is 0 Å². The van der Waals surface area contributed by atoms with Gasteiger partial charge in [-0.1, -0.05) is 0 Å². The van der Waals surface area contributed by atoms with Crippen molar-refractivity contribution in [3.05, 3.63) is 0 Å². The van der Waals surface area contributed by atoms with Gasteiger partial charge < -0.3 is 10.6 Å². The van der Waals surface area contributed by atoms with Crippen molar-refractivity contribution in [2.75, 3.05) is 26.2 Å². The summed E-state index contributed by atoms with van der Waals surface area (Å²) < 4.78 is 0. The van der Waals surface area contributed by atoms with Crippen LogP contribution in [0.3, 0.4) is 0 Å². The fourth-order valence-corrected chi connectivity index (χ4v) is 2.71. The smallest absolute Gasteiger partial charge is 0.219 e. The summed E-state index contributed by atoms with van der Waals surface area (Å²) in [6, 6.07) is 1.09. The maximum absolute atomic E-state index is 11.6. The number of likely N-dealkylation sites (tertiary alicyclic amines) is 1. The minimum absolute atomic E-state index is 0.238. The largest absolute Gasteiger partial charge is 0.338 e. The number of nitrogens with two attached hydrogens (primary N) is 1. The molecule has 0 aromatic carbocycles. The molecular weight excluding hydrogens is 202 g/mol. The number of hydrogen-bond acceptors (Lipinski definition) is 3. The Morgan fingerprint density at radius 3 is 2.75 bits per heavy atom. The predicted octanol–water partition coefficient (Wildman–Crippen LogP) is 0.420. The lowest BCUT2D eigenvalue weighted by Gasteiger charge is -2.30. The lowest BCUT2D eigenvalue weighted by atomic mass is 10.2. The first kappa shape index (κ1) is 11.9. The fraction of sp³-hybridized carbons (Fsp3) is 0.917. The second-order valence-corrected chi connectivity index (χ2v) is 5.02. The molecule has 1 saturated heterocycles. The molecule has 4 nitrogen and oxygen atoms in total. The van der Waals surface area contributed by atoms with Crippen LogP contribution in [0, 0.1) is 0 Å². The van der Waals surface area contributed by atoms with Crippen molar-refractivity contribution in [2.24, 2.45) is 5.73 Å². The lowest BCUT2D eigenvalue weighted by molar-refractivity contribution is -0.130. The lowest BCUT2D eigenvalue weighted by Crippen LogP contribution is -2.44. The summed E-state index contributed by atoms with van der Waals surface area (Å²) in [6.07, 6.45) is 4.87. The van der Waals surface area contributed by atoms with Crippen molar-refractivity contribution in [1.29, 1.82) is 0 Å². The van der Waals surface area contributed by atoms with Crippen LogP contribution in [-0.2, 0) is 4.79 Å². The Hall–Kier alpha value is -0.610. The molecule has 0 aromatic heterocycles. The Morgan fingerprint density at radius 2 is 2.19 bits per heavy atom. The summed E-state index contributed by atoms with van der Waals surface area (Å²) >= 11 is 0. The van der Waals surface area contributed by atoms with Crippen molar-refractivity contribution in [3.8, 4) is 0 Å². The molecule has 1 aliphatic heterocycles. The third kappa shape index (κ3) is 2.74. The second kappa shape index (κ2) is 5.15. The third-order valence-corrected chi connectivity index (χ3v) is 3.71. The summed E-state index contributed by atoms with van der Waals surface area (Å²) in [5.41, 5.74) is 5.61. The number of carbonyl (C=O) groups excluding carboxylic acids is 1. The van der Waals surface area contributed by atoms with Crippen molar-refractivity contribution in [2.45, 2.75) is 44.7 Å². The molecule has 1 heterocycles. The van der Waals surface area contributed by atoms with Gasteiger partial charge in [-0.3, -0.25) is 9.69 Å². The molecule has 2 aliphatic rings. The Bertz CT molecular complexity index is 253. The zero-order valence-electron chi connectivity index (χ0n) is 10.2. The first-order valence-electron chi connectivity index (χ1n) is 6.43. The van der Waals surface area contributed by atoms with Crippen LogP contribution < -0.4 is 5.73 Å². The first-order chi connectivity index (χ1) is 7.72. The minimum atomic E-state index is 0.238. The van der Waals surface area contributed by atoms with Crippen molar-refractivity contribution < 1.29 is 4.79 Å². The molecule has 0 spiro atoms. The minimum Gasteiger partial charge on any atom is -0.338 e. The molecule has 4 heteroatoms. The molecule has 1 atom stereocenters. The molecule has 0 aromatic rings. The number of rotatable bonds is 5. The Kier molecular flexibility index (Phi) is 3.82. The van der Waals surface area contributed by atoms with Crippen molar-refractivity contribution in [1.82, 2.24) is 9.80 Å². The van der Waals surface area contributed by atoms with Crippen LogP contribution in [0.4, 0.5) is 0 Å². The highest BCUT2D eigenvalue weighted by Crippen LogP contribution is 2.29. The molecule has 1 saturated carbocycles. The van der Waals surface area contributed by atoms with Gasteiger partial charge in [0.15, 0.2) is 0 Å². The van der Waals surface area contributed by atoms with E-state index in [0.29, 0.717) is 12.1 Å². The quantitative estimate of drug-likeness (QED) is 0.738. The first-order valence-corrected chi connectivity index (χ1v) is 6.43. The van der Waals surface area contributed by atoms with E-state index in [1.807, 2.05) is 0 Å². The van der Waals surface area contributed by atoms with Gasteiger partial charge in [-0.15, -0.1) is 0 Å². The van der Waals surface area contributed by atoms with Crippen LogP contribution in [0.2, 0.25) is 0 Å². The number of carbonyl (C=O) groups is 1. The highest BCUT2D eigenvalue weighted by Gasteiger charge is 2.34. The Balaban J connectivity index is 1.88. The van der Waals surface area contributed by atoms with E-state index in [2.05, 4.69) is 9.80 Å². The molecule has 2 fully saturated rings. The normalized spacial score (nSPS) is 26.0. The van der Waals surface area contributed by atoms with E-state index in [1.54, 1.807) is 6.92 Å². The van der Waals surface area contributed by atoms with Gasteiger partial charge in [-0.05, 0) is 32.2 Å². The zero-order chi connectivity index (χ0) is 11.5. The molecule has 2 rings (SSSR count). The maximum atomic E-state index is 11.6. The number of amides is 1. The van der Waals surface area contributed by atoms with Gasteiger partial charge in [0.25, 0.3) is 0 Å². The molecule has 1 aliphatic carbocycles. The van der Waals surface area contributed by atoms with E-state index in [4.69, 9.17) is 5.73 Å². The molecule has 2 N–H and O–H groups in total. The van der Waals surface area contributed by atoms with Crippen molar-refractivity contribution >= 4 is 5.91 Å².